The minimum absolute atomic E-state index is 0.0663. The average Bonchev–Trinajstić information content (AvgIpc) is 3.08. The SMILES string of the molecule is C#CC[C@@H](NC(=O)[C@@H](Cc1ccccc1)NC(=O)[C@H](N)Cc1ccccc1)C(=O)N[C@H](CCCCN)C(=O)N1CCC(N)(C(=O)O)CC1. The molecule has 0 saturated carbocycles. The number of nitrogens with zero attached hydrogens (tertiary/aromatic N) is 1. The molecule has 0 spiro atoms. The lowest BCUT2D eigenvalue weighted by molar-refractivity contribution is -0.148. The van der Waals surface area contributed by atoms with Crippen LogP contribution in [-0.2, 0) is 36.8 Å². The molecule has 2 aromatic carbocycles. The Labute approximate surface area is 281 Å². The number of carboxylic acid groups (broad SMARTS) is 1. The molecule has 48 heavy (non-hydrogen) atoms. The molecule has 13 nitrogen and oxygen atoms in total. The van der Waals surface area contributed by atoms with Gasteiger partial charge in [-0.25, -0.2) is 0 Å². The predicted octanol–water partition coefficient (Wildman–Crippen LogP) is -0.190. The first-order valence-electron chi connectivity index (χ1n) is 16.2. The lowest BCUT2D eigenvalue weighted by Gasteiger charge is -2.38. The zero-order valence-electron chi connectivity index (χ0n) is 27.1. The zero-order valence-corrected chi connectivity index (χ0v) is 27.1. The third-order valence-electron chi connectivity index (χ3n) is 8.46. The van der Waals surface area contributed by atoms with E-state index in [4.69, 9.17) is 23.6 Å². The van der Waals surface area contributed by atoms with E-state index in [1.54, 1.807) is 12.1 Å². The molecule has 1 fully saturated rings. The second kappa shape index (κ2) is 18.5. The number of unbranched alkanes of at least 4 members (excludes halogenated alkanes) is 1. The largest absolute Gasteiger partial charge is 0.480 e. The number of benzene rings is 2. The van der Waals surface area contributed by atoms with Crippen LogP contribution in [0.1, 0.15) is 49.7 Å². The monoisotopic (exact) mass is 661 g/mol. The van der Waals surface area contributed by atoms with Gasteiger partial charge >= 0.3 is 5.97 Å². The standard InChI is InChI=1S/C35H47N7O6/c1-2-11-27(31(44)40-28(16-9-10-19-36)33(46)42-20-17-35(38,18-21-42)34(47)48)39-32(45)29(23-25-14-7-4-8-15-25)41-30(43)26(37)22-24-12-5-3-6-13-24/h1,3-8,12-15,26-29H,9-11,16-23,36-38H2,(H,39,45)(H,40,44)(H,41,43)(H,47,48)/t26-,27-,28-,29-/m1/s1. The van der Waals surface area contributed by atoms with Crippen LogP contribution in [0, 0.1) is 12.3 Å². The van der Waals surface area contributed by atoms with E-state index >= 15 is 0 Å². The highest BCUT2D eigenvalue weighted by atomic mass is 16.4. The minimum Gasteiger partial charge on any atom is -0.480 e. The number of rotatable bonds is 17. The number of carbonyl (C=O) groups is 5. The van der Waals surface area contributed by atoms with Crippen molar-refractivity contribution in [3.05, 3.63) is 71.8 Å². The number of terminal acetylenes is 1. The molecule has 10 N–H and O–H groups in total. The van der Waals surface area contributed by atoms with Crippen LogP contribution in [-0.4, -0.2) is 88.9 Å². The van der Waals surface area contributed by atoms with E-state index in [9.17, 15) is 29.1 Å². The van der Waals surface area contributed by atoms with Crippen LogP contribution < -0.4 is 33.2 Å². The summed E-state index contributed by atoms with van der Waals surface area (Å²) in [7, 11) is 0. The van der Waals surface area contributed by atoms with Crippen LogP contribution in [0.25, 0.3) is 0 Å². The number of aliphatic carboxylic acids is 1. The molecular weight excluding hydrogens is 614 g/mol. The second-order valence-electron chi connectivity index (χ2n) is 12.1. The molecule has 258 valence electrons. The number of hydrogen-bond acceptors (Lipinski definition) is 8. The lowest BCUT2D eigenvalue weighted by atomic mass is 9.88. The van der Waals surface area contributed by atoms with Crippen molar-refractivity contribution < 1.29 is 29.1 Å². The Morgan fingerprint density at radius 3 is 1.88 bits per heavy atom. The highest BCUT2D eigenvalue weighted by Gasteiger charge is 2.40. The summed E-state index contributed by atoms with van der Waals surface area (Å²) in [6, 6.07) is 14.1. The van der Waals surface area contributed by atoms with Gasteiger partial charge in [0, 0.05) is 25.9 Å². The summed E-state index contributed by atoms with van der Waals surface area (Å²) < 4.78 is 0. The van der Waals surface area contributed by atoms with Gasteiger partial charge in [-0.15, -0.1) is 12.3 Å². The number of likely N-dealkylation sites (tertiary alicyclic amines) is 1. The molecule has 1 heterocycles. The number of piperidine rings is 1. The topological polar surface area (TPSA) is 223 Å². The molecular formula is C35H47N7O6. The number of nitrogens with two attached hydrogens (primary N) is 3. The first-order valence-corrected chi connectivity index (χ1v) is 16.2. The summed E-state index contributed by atoms with van der Waals surface area (Å²) >= 11 is 0. The van der Waals surface area contributed by atoms with Gasteiger partial charge in [-0.2, -0.15) is 0 Å². The fourth-order valence-corrected chi connectivity index (χ4v) is 5.48. The van der Waals surface area contributed by atoms with Gasteiger partial charge in [0.2, 0.25) is 23.6 Å². The van der Waals surface area contributed by atoms with Crippen molar-refractivity contribution in [1.29, 1.82) is 0 Å². The number of carboxylic acids is 1. The van der Waals surface area contributed by atoms with Crippen LogP contribution in [0.4, 0.5) is 0 Å². The second-order valence-corrected chi connectivity index (χ2v) is 12.1. The van der Waals surface area contributed by atoms with Crippen molar-refractivity contribution in [3.63, 3.8) is 0 Å². The molecule has 4 atom stereocenters. The van der Waals surface area contributed by atoms with Crippen molar-refractivity contribution >= 4 is 29.6 Å². The molecule has 3 rings (SSSR count). The van der Waals surface area contributed by atoms with E-state index in [0.717, 1.165) is 11.1 Å². The van der Waals surface area contributed by atoms with Crippen molar-refractivity contribution in [3.8, 4) is 12.3 Å². The first kappa shape index (κ1) is 37.7. The van der Waals surface area contributed by atoms with Crippen LogP contribution in [0.3, 0.4) is 0 Å². The Hall–Kier alpha value is -4.77. The zero-order chi connectivity index (χ0) is 35.1. The maximum absolute atomic E-state index is 13.7. The van der Waals surface area contributed by atoms with Crippen LogP contribution in [0.5, 0.6) is 0 Å². The highest BCUT2D eigenvalue weighted by Crippen LogP contribution is 2.21. The fourth-order valence-electron chi connectivity index (χ4n) is 5.48. The van der Waals surface area contributed by atoms with Crippen LogP contribution in [0.2, 0.25) is 0 Å². The maximum Gasteiger partial charge on any atom is 0.323 e. The van der Waals surface area contributed by atoms with Gasteiger partial charge in [0.25, 0.3) is 0 Å². The quantitative estimate of drug-likeness (QED) is 0.0880. The van der Waals surface area contributed by atoms with Crippen molar-refractivity contribution in [2.24, 2.45) is 17.2 Å². The number of carbonyl (C=O) groups excluding carboxylic acids is 4. The molecule has 1 aliphatic rings. The Morgan fingerprint density at radius 2 is 1.33 bits per heavy atom. The summed E-state index contributed by atoms with van der Waals surface area (Å²) in [4.78, 5) is 67.0. The van der Waals surface area contributed by atoms with Gasteiger partial charge in [0.05, 0.1) is 6.04 Å². The number of hydrogen-bond donors (Lipinski definition) is 7. The molecule has 0 unspecified atom stereocenters. The molecule has 0 bridgehead atoms. The molecule has 2 aromatic rings. The molecule has 1 saturated heterocycles. The van der Waals surface area contributed by atoms with E-state index in [1.165, 1.54) is 4.90 Å². The third-order valence-corrected chi connectivity index (χ3v) is 8.46. The maximum atomic E-state index is 13.7. The summed E-state index contributed by atoms with van der Waals surface area (Å²) in [5, 5.41) is 17.6. The number of amides is 4. The van der Waals surface area contributed by atoms with Crippen molar-refractivity contribution in [2.45, 2.75) is 81.1 Å². The Kier molecular flexibility index (Phi) is 14.6. The summed E-state index contributed by atoms with van der Waals surface area (Å²) in [5.74, 6) is -0.974. The summed E-state index contributed by atoms with van der Waals surface area (Å²) in [6.45, 7) is 0.623. The third kappa shape index (κ3) is 11.2. The van der Waals surface area contributed by atoms with E-state index in [-0.39, 0.29) is 57.5 Å². The van der Waals surface area contributed by atoms with Crippen molar-refractivity contribution in [1.82, 2.24) is 20.9 Å². The Bertz CT molecular complexity index is 1420. The Balaban J connectivity index is 1.74. The molecule has 0 radical (unpaired) electrons. The summed E-state index contributed by atoms with van der Waals surface area (Å²) in [6.07, 6.45) is 7.33. The predicted molar refractivity (Wildman–Crippen MR) is 181 cm³/mol. The van der Waals surface area contributed by atoms with E-state index in [2.05, 4.69) is 21.9 Å². The molecule has 4 amide bonds. The smallest absolute Gasteiger partial charge is 0.323 e. The highest BCUT2D eigenvalue weighted by molar-refractivity contribution is 5.95. The van der Waals surface area contributed by atoms with Gasteiger partial charge in [0.15, 0.2) is 0 Å². The molecule has 13 heteroatoms. The van der Waals surface area contributed by atoms with Gasteiger partial charge in [-0.3, -0.25) is 24.0 Å². The van der Waals surface area contributed by atoms with Gasteiger partial charge in [-0.1, -0.05) is 60.7 Å². The lowest BCUT2D eigenvalue weighted by Crippen LogP contribution is -2.60. The van der Waals surface area contributed by atoms with Crippen LogP contribution in [0.15, 0.2) is 60.7 Å². The fraction of sp³-hybridized carbons (Fsp3) is 0.457. The molecule has 1 aliphatic heterocycles. The molecule has 0 aromatic heterocycles. The van der Waals surface area contributed by atoms with Crippen LogP contribution >= 0.6 is 0 Å². The molecule has 0 aliphatic carbocycles. The Morgan fingerprint density at radius 1 is 0.812 bits per heavy atom. The van der Waals surface area contributed by atoms with E-state index in [1.807, 2.05) is 48.5 Å². The van der Waals surface area contributed by atoms with E-state index < -0.39 is 53.4 Å². The summed E-state index contributed by atoms with van der Waals surface area (Å²) in [5.41, 5.74) is 18.0. The van der Waals surface area contributed by atoms with E-state index in [0.29, 0.717) is 19.4 Å². The van der Waals surface area contributed by atoms with Gasteiger partial charge in [-0.05, 0) is 56.2 Å². The minimum atomic E-state index is -1.42. The number of nitrogens with one attached hydrogen (secondary N) is 3. The normalized spacial score (nSPS) is 16.3. The van der Waals surface area contributed by atoms with Gasteiger partial charge < -0.3 is 43.2 Å². The first-order chi connectivity index (χ1) is 23.0. The average molecular weight is 662 g/mol. The van der Waals surface area contributed by atoms with Gasteiger partial charge in [0.1, 0.15) is 23.7 Å². The van der Waals surface area contributed by atoms with Crippen molar-refractivity contribution in [2.75, 3.05) is 19.6 Å².